The fourth-order valence-electron chi connectivity index (χ4n) is 2.46. The summed E-state index contributed by atoms with van der Waals surface area (Å²) in [5.41, 5.74) is 11.5. The van der Waals surface area contributed by atoms with E-state index in [1.165, 1.54) is 0 Å². The predicted molar refractivity (Wildman–Crippen MR) is 79.0 cm³/mol. The first kappa shape index (κ1) is 12.9. The molecule has 0 saturated carbocycles. The van der Waals surface area contributed by atoms with E-state index in [1.54, 1.807) is 0 Å². The van der Waals surface area contributed by atoms with Crippen LogP contribution in [0, 0.1) is 0 Å². The lowest BCUT2D eigenvalue weighted by Crippen LogP contribution is -2.16. The van der Waals surface area contributed by atoms with E-state index in [9.17, 15) is 0 Å². The number of benzene rings is 2. The van der Waals surface area contributed by atoms with Crippen molar-refractivity contribution in [2.45, 2.75) is 12.5 Å². The average Bonchev–Trinajstić information content (AvgIpc) is 2.88. The molecule has 1 heterocycles. The molecule has 0 spiro atoms. The summed E-state index contributed by atoms with van der Waals surface area (Å²) in [5.74, 6) is 0.846. The largest absolute Gasteiger partial charge is 0.489 e. The third-order valence-corrected chi connectivity index (χ3v) is 3.67. The molecule has 1 aliphatic rings. The number of rotatable bonds is 3. The van der Waals surface area contributed by atoms with Crippen LogP contribution < -0.4 is 4.74 Å². The van der Waals surface area contributed by atoms with Gasteiger partial charge in [0, 0.05) is 27.5 Å². The number of ether oxygens (including phenoxy) is 1. The molecule has 4 nitrogen and oxygen atoms in total. The van der Waals surface area contributed by atoms with Gasteiger partial charge >= 0.3 is 0 Å². The van der Waals surface area contributed by atoms with E-state index >= 15 is 0 Å². The Bertz CT molecular complexity index is 695. The zero-order valence-corrected chi connectivity index (χ0v) is 11.4. The zero-order chi connectivity index (χ0) is 13.9. The van der Waals surface area contributed by atoms with E-state index in [0.717, 1.165) is 28.9 Å². The second kappa shape index (κ2) is 5.45. The van der Waals surface area contributed by atoms with E-state index in [4.69, 9.17) is 21.9 Å². The fourth-order valence-corrected chi connectivity index (χ4v) is 2.70. The molecule has 100 valence electrons. The zero-order valence-electron chi connectivity index (χ0n) is 10.7. The molecule has 0 radical (unpaired) electrons. The van der Waals surface area contributed by atoms with E-state index in [-0.39, 0.29) is 6.10 Å². The lowest BCUT2D eigenvalue weighted by Gasteiger charge is -2.11. The summed E-state index contributed by atoms with van der Waals surface area (Å²) in [5, 5.41) is 4.28. The number of halogens is 1. The maximum atomic E-state index is 8.40. The van der Waals surface area contributed by atoms with Crippen molar-refractivity contribution in [2.75, 3.05) is 6.54 Å². The Labute approximate surface area is 121 Å². The molecular formula is C15H12ClN3O. The standard InChI is InChI=1S/C15H12ClN3O/c16-14-7-2-1-5-12(14)13-6-3-4-10-8-11(9-18-19-17)20-15(10)13/h1-7,11H,8-9H2. The van der Waals surface area contributed by atoms with Crippen molar-refractivity contribution >= 4 is 11.6 Å². The first-order valence-corrected chi connectivity index (χ1v) is 6.71. The summed E-state index contributed by atoms with van der Waals surface area (Å²) >= 11 is 6.26. The van der Waals surface area contributed by atoms with Crippen LogP contribution in [0.4, 0.5) is 0 Å². The fraction of sp³-hybridized carbons (Fsp3) is 0.200. The summed E-state index contributed by atoms with van der Waals surface area (Å²) in [6.07, 6.45) is 0.664. The Balaban J connectivity index is 1.99. The molecule has 0 amide bonds. The Morgan fingerprint density at radius 2 is 2.00 bits per heavy atom. The third-order valence-electron chi connectivity index (χ3n) is 3.34. The molecule has 0 fully saturated rings. The minimum Gasteiger partial charge on any atom is -0.489 e. The number of fused-ring (bicyclic) bond motifs is 1. The van der Waals surface area contributed by atoms with Gasteiger partial charge in [-0.2, -0.15) is 0 Å². The number of azide groups is 1. The number of hydrogen-bond acceptors (Lipinski definition) is 2. The van der Waals surface area contributed by atoms with Gasteiger partial charge in [0.1, 0.15) is 11.9 Å². The molecule has 0 aliphatic carbocycles. The maximum Gasteiger partial charge on any atom is 0.130 e. The van der Waals surface area contributed by atoms with Crippen molar-refractivity contribution < 1.29 is 4.74 Å². The molecule has 20 heavy (non-hydrogen) atoms. The normalized spacial score (nSPS) is 16.1. The SMILES string of the molecule is [N-]=[N+]=NCC1Cc2cccc(-c3ccccc3Cl)c2O1. The molecule has 0 aromatic heterocycles. The highest BCUT2D eigenvalue weighted by Crippen LogP contribution is 2.41. The van der Waals surface area contributed by atoms with E-state index in [0.29, 0.717) is 11.6 Å². The highest BCUT2D eigenvalue weighted by Gasteiger charge is 2.25. The van der Waals surface area contributed by atoms with Crippen molar-refractivity contribution in [3.63, 3.8) is 0 Å². The van der Waals surface area contributed by atoms with Crippen LogP contribution in [0.15, 0.2) is 47.6 Å². The minimum absolute atomic E-state index is 0.0930. The van der Waals surface area contributed by atoms with Crippen LogP contribution in [-0.2, 0) is 6.42 Å². The molecule has 2 aromatic carbocycles. The summed E-state index contributed by atoms with van der Waals surface area (Å²) in [6, 6.07) is 13.7. The quantitative estimate of drug-likeness (QED) is 0.461. The first-order valence-electron chi connectivity index (χ1n) is 6.34. The van der Waals surface area contributed by atoms with Crippen molar-refractivity contribution in [2.24, 2.45) is 5.11 Å². The van der Waals surface area contributed by atoms with Crippen LogP contribution >= 0.6 is 11.6 Å². The highest BCUT2D eigenvalue weighted by molar-refractivity contribution is 6.33. The molecule has 3 rings (SSSR count). The predicted octanol–water partition coefficient (Wildman–Crippen LogP) is 4.62. The second-order valence-electron chi connectivity index (χ2n) is 4.63. The van der Waals surface area contributed by atoms with E-state index in [2.05, 4.69) is 10.0 Å². The Kier molecular flexibility index (Phi) is 3.50. The number of para-hydroxylation sites is 1. The van der Waals surface area contributed by atoms with Gasteiger partial charge in [-0.25, -0.2) is 0 Å². The summed E-state index contributed by atoms with van der Waals surface area (Å²) < 4.78 is 5.93. The van der Waals surface area contributed by atoms with Crippen molar-refractivity contribution in [1.29, 1.82) is 0 Å². The van der Waals surface area contributed by atoms with Crippen LogP contribution in [0.1, 0.15) is 5.56 Å². The molecule has 0 N–H and O–H groups in total. The van der Waals surface area contributed by atoms with Gasteiger partial charge < -0.3 is 4.74 Å². The van der Waals surface area contributed by atoms with Crippen molar-refractivity contribution in [3.05, 3.63) is 63.5 Å². The van der Waals surface area contributed by atoms with Gasteiger partial charge in [-0.3, -0.25) is 0 Å². The van der Waals surface area contributed by atoms with Crippen LogP contribution in [0.25, 0.3) is 21.6 Å². The van der Waals surface area contributed by atoms with Crippen LogP contribution in [0.2, 0.25) is 5.02 Å². The molecule has 0 bridgehead atoms. The third kappa shape index (κ3) is 2.31. The van der Waals surface area contributed by atoms with Gasteiger partial charge in [0.25, 0.3) is 0 Å². The van der Waals surface area contributed by atoms with Gasteiger partial charge in [0.2, 0.25) is 0 Å². The lowest BCUT2D eigenvalue weighted by molar-refractivity contribution is 0.242. The molecule has 1 atom stereocenters. The van der Waals surface area contributed by atoms with Gasteiger partial charge in [-0.1, -0.05) is 53.1 Å². The van der Waals surface area contributed by atoms with Gasteiger partial charge in [-0.05, 0) is 17.2 Å². The van der Waals surface area contributed by atoms with E-state index in [1.807, 2.05) is 42.5 Å². The molecule has 2 aromatic rings. The minimum atomic E-state index is -0.0930. The lowest BCUT2D eigenvalue weighted by atomic mass is 10.0. The van der Waals surface area contributed by atoms with Gasteiger partial charge in [-0.15, -0.1) is 0 Å². The highest BCUT2D eigenvalue weighted by atomic mass is 35.5. The summed E-state index contributed by atoms with van der Waals surface area (Å²) in [6.45, 7) is 0.340. The topological polar surface area (TPSA) is 58.0 Å². The Morgan fingerprint density at radius 3 is 2.80 bits per heavy atom. The number of nitrogens with zero attached hydrogens (tertiary/aromatic N) is 3. The Hall–Kier alpha value is -2.16. The van der Waals surface area contributed by atoms with Gasteiger partial charge in [0.15, 0.2) is 0 Å². The summed E-state index contributed by atoms with van der Waals surface area (Å²) in [7, 11) is 0. The summed E-state index contributed by atoms with van der Waals surface area (Å²) in [4.78, 5) is 2.78. The maximum absolute atomic E-state index is 8.40. The smallest absolute Gasteiger partial charge is 0.130 e. The Morgan fingerprint density at radius 1 is 1.20 bits per heavy atom. The second-order valence-corrected chi connectivity index (χ2v) is 5.04. The first-order chi connectivity index (χ1) is 9.79. The van der Waals surface area contributed by atoms with Gasteiger partial charge in [0.05, 0.1) is 6.54 Å². The van der Waals surface area contributed by atoms with Crippen LogP contribution in [-0.4, -0.2) is 12.6 Å². The molecule has 5 heteroatoms. The van der Waals surface area contributed by atoms with E-state index < -0.39 is 0 Å². The van der Waals surface area contributed by atoms with Crippen LogP contribution in [0.5, 0.6) is 5.75 Å². The molecule has 1 unspecified atom stereocenters. The molecule has 0 saturated heterocycles. The molecule has 1 aliphatic heterocycles. The number of hydrogen-bond donors (Lipinski definition) is 0. The monoisotopic (exact) mass is 285 g/mol. The van der Waals surface area contributed by atoms with Crippen molar-refractivity contribution in [1.82, 2.24) is 0 Å². The average molecular weight is 286 g/mol. The molecular weight excluding hydrogens is 274 g/mol. The van der Waals surface area contributed by atoms with Crippen LogP contribution in [0.3, 0.4) is 0 Å². The van der Waals surface area contributed by atoms with Crippen molar-refractivity contribution in [3.8, 4) is 16.9 Å².